The van der Waals surface area contributed by atoms with E-state index in [2.05, 4.69) is 174 Å². The summed E-state index contributed by atoms with van der Waals surface area (Å²) in [6, 6.07) is 60.9. The number of fused-ring (bicyclic) bond motifs is 4. The van der Waals surface area contributed by atoms with E-state index in [4.69, 9.17) is 4.98 Å². The van der Waals surface area contributed by atoms with Crippen LogP contribution in [0.4, 0.5) is 0 Å². The predicted octanol–water partition coefficient (Wildman–Crippen LogP) is 11.5. The lowest BCUT2D eigenvalue weighted by atomic mass is 9.85. The zero-order valence-electron chi connectivity index (χ0n) is 24.6. The Morgan fingerprint density at radius 3 is 1.58 bits per heavy atom. The van der Waals surface area contributed by atoms with E-state index in [-0.39, 0.29) is 0 Å². The standard InChI is InChI=1S/C43H28N2/c1-2-14-34(15-3-1)45-40-21-11-10-20-39(40)44-43(45)31-25-23-30(24-26-31)41-35-16-6-8-18-37(35)42(38-19-9-7-17-36(38)41)33-27-22-29-12-4-5-13-32(29)28-33/h1-28H. The van der Waals surface area contributed by atoms with Crippen molar-refractivity contribution in [1.29, 1.82) is 0 Å². The lowest BCUT2D eigenvalue weighted by molar-refractivity contribution is 1.10. The first kappa shape index (κ1) is 25.5. The third kappa shape index (κ3) is 4.15. The van der Waals surface area contributed by atoms with Crippen molar-refractivity contribution < 1.29 is 0 Å². The minimum absolute atomic E-state index is 0.940. The van der Waals surface area contributed by atoms with Gasteiger partial charge >= 0.3 is 0 Å². The molecule has 1 aromatic heterocycles. The smallest absolute Gasteiger partial charge is 0.145 e. The number of nitrogens with zero attached hydrogens (tertiary/aromatic N) is 2. The Morgan fingerprint density at radius 1 is 0.378 bits per heavy atom. The molecule has 9 rings (SSSR count). The second-order valence-electron chi connectivity index (χ2n) is 11.6. The van der Waals surface area contributed by atoms with Gasteiger partial charge in [0.25, 0.3) is 0 Å². The van der Waals surface area contributed by atoms with E-state index in [1.165, 1.54) is 54.6 Å². The van der Waals surface area contributed by atoms with Crippen LogP contribution in [0.3, 0.4) is 0 Å². The molecule has 0 aliphatic heterocycles. The van der Waals surface area contributed by atoms with E-state index in [1.807, 2.05) is 0 Å². The van der Waals surface area contributed by atoms with Crippen LogP contribution < -0.4 is 0 Å². The molecule has 0 aliphatic rings. The minimum Gasteiger partial charge on any atom is -0.292 e. The number of aromatic nitrogens is 2. The van der Waals surface area contributed by atoms with Crippen molar-refractivity contribution in [2.75, 3.05) is 0 Å². The number of imidazole rings is 1. The molecule has 45 heavy (non-hydrogen) atoms. The Bertz CT molecular complexity index is 2470. The van der Waals surface area contributed by atoms with Gasteiger partial charge in [-0.1, -0.05) is 140 Å². The maximum Gasteiger partial charge on any atom is 0.145 e. The monoisotopic (exact) mass is 572 g/mol. The minimum atomic E-state index is 0.940. The molecule has 0 N–H and O–H groups in total. The number of hydrogen-bond donors (Lipinski definition) is 0. The highest BCUT2D eigenvalue weighted by Gasteiger charge is 2.18. The van der Waals surface area contributed by atoms with Crippen LogP contribution in [0.15, 0.2) is 170 Å². The first-order valence-corrected chi connectivity index (χ1v) is 15.4. The van der Waals surface area contributed by atoms with E-state index in [9.17, 15) is 0 Å². The van der Waals surface area contributed by atoms with Gasteiger partial charge in [0.15, 0.2) is 0 Å². The maximum absolute atomic E-state index is 5.09. The van der Waals surface area contributed by atoms with Gasteiger partial charge in [-0.05, 0) is 84.9 Å². The molecule has 2 nitrogen and oxygen atoms in total. The van der Waals surface area contributed by atoms with Crippen molar-refractivity contribution in [2.45, 2.75) is 0 Å². The normalized spacial score (nSPS) is 11.6. The molecule has 8 aromatic carbocycles. The highest BCUT2D eigenvalue weighted by molar-refractivity contribution is 6.21. The zero-order valence-corrected chi connectivity index (χ0v) is 24.6. The fraction of sp³-hybridized carbons (Fsp3) is 0. The Labute approximate surface area is 261 Å². The van der Waals surface area contributed by atoms with Gasteiger partial charge in [-0.3, -0.25) is 4.57 Å². The van der Waals surface area contributed by atoms with Crippen LogP contribution in [0.5, 0.6) is 0 Å². The molecule has 0 amide bonds. The van der Waals surface area contributed by atoms with Crippen molar-refractivity contribution >= 4 is 43.4 Å². The number of para-hydroxylation sites is 3. The molecule has 1 heterocycles. The SMILES string of the molecule is c1ccc(-n2c(-c3ccc(-c4c5ccccc5c(-c5ccc6ccccc6c5)c5ccccc45)cc3)nc3ccccc32)cc1. The highest BCUT2D eigenvalue weighted by Crippen LogP contribution is 2.44. The molecule has 210 valence electrons. The van der Waals surface area contributed by atoms with E-state index in [1.54, 1.807) is 0 Å². The summed E-state index contributed by atoms with van der Waals surface area (Å²) in [5, 5.41) is 7.54. The van der Waals surface area contributed by atoms with Gasteiger partial charge in [0.05, 0.1) is 11.0 Å². The van der Waals surface area contributed by atoms with Gasteiger partial charge in [-0.25, -0.2) is 4.98 Å². The Hall–Kier alpha value is -5.99. The summed E-state index contributed by atoms with van der Waals surface area (Å²) in [4.78, 5) is 5.09. The van der Waals surface area contributed by atoms with E-state index < -0.39 is 0 Å². The van der Waals surface area contributed by atoms with E-state index >= 15 is 0 Å². The van der Waals surface area contributed by atoms with Crippen molar-refractivity contribution in [2.24, 2.45) is 0 Å². The molecule has 0 fully saturated rings. The number of hydrogen-bond acceptors (Lipinski definition) is 1. The molecule has 9 aromatic rings. The summed E-state index contributed by atoms with van der Waals surface area (Å²) in [5.74, 6) is 0.940. The Balaban J connectivity index is 1.25. The summed E-state index contributed by atoms with van der Waals surface area (Å²) in [7, 11) is 0. The van der Waals surface area contributed by atoms with Crippen LogP contribution in [0.25, 0.3) is 82.7 Å². The van der Waals surface area contributed by atoms with Gasteiger partial charge < -0.3 is 0 Å². The number of rotatable bonds is 4. The third-order valence-electron chi connectivity index (χ3n) is 8.98. The molecule has 0 spiro atoms. The van der Waals surface area contributed by atoms with Gasteiger partial charge in [0.2, 0.25) is 0 Å². The molecule has 0 saturated carbocycles. The molecular formula is C43H28N2. The van der Waals surface area contributed by atoms with Crippen LogP contribution in [-0.4, -0.2) is 9.55 Å². The lowest BCUT2D eigenvalue weighted by Gasteiger charge is -2.18. The quantitative estimate of drug-likeness (QED) is 0.192. The molecule has 0 atom stereocenters. The fourth-order valence-electron chi connectivity index (χ4n) is 6.94. The van der Waals surface area contributed by atoms with Gasteiger partial charge in [0, 0.05) is 11.3 Å². The first-order valence-electron chi connectivity index (χ1n) is 15.4. The molecule has 0 bridgehead atoms. The average Bonchev–Trinajstić information content (AvgIpc) is 3.50. The van der Waals surface area contributed by atoms with Gasteiger partial charge in [-0.2, -0.15) is 0 Å². The number of benzene rings is 8. The summed E-state index contributed by atoms with van der Waals surface area (Å²) in [6.07, 6.45) is 0. The van der Waals surface area contributed by atoms with Crippen LogP contribution in [0.2, 0.25) is 0 Å². The molecular weight excluding hydrogens is 544 g/mol. The molecule has 0 radical (unpaired) electrons. The Kier molecular flexibility index (Phi) is 5.85. The predicted molar refractivity (Wildman–Crippen MR) is 190 cm³/mol. The van der Waals surface area contributed by atoms with Crippen LogP contribution in [-0.2, 0) is 0 Å². The second kappa shape index (κ2) is 10.3. The van der Waals surface area contributed by atoms with E-state index in [0.717, 1.165) is 28.1 Å². The van der Waals surface area contributed by atoms with Crippen LogP contribution >= 0.6 is 0 Å². The third-order valence-corrected chi connectivity index (χ3v) is 8.98. The maximum atomic E-state index is 5.09. The second-order valence-corrected chi connectivity index (χ2v) is 11.6. The molecule has 0 aliphatic carbocycles. The van der Waals surface area contributed by atoms with Crippen molar-refractivity contribution in [3.63, 3.8) is 0 Å². The molecule has 2 heteroatoms. The van der Waals surface area contributed by atoms with Crippen LogP contribution in [0, 0.1) is 0 Å². The fourth-order valence-corrected chi connectivity index (χ4v) is 6.94. The van der Waals surface area contributed by atoms with Crippen LogP contribution in [0.1, 0.15) is 0 Å². The zero-order chi connectivity index (χ0) is 29.7. The summed E-state index contributed by atoms with van der Waals surface area (Å²) in [5.41, 5.74) is 9.25. The van der Waals surface area contributed by atoms with Crippen molar-refractivity contribution in [3.05, 3.63) is 170 Å². The largest absolute Gasteiger partial charge is 0.292 e. The topological polar surface area (TPSA) is 17.8 Å². The summed E-state index contributed by atoms with van der Waals surface area (Å²) >= 11 is 0. The first-order chi connectivity index (χ1) is 22.3. The van der Waals surface area contributed by atoms with Crippen molar-refractivity contribution in [3.8, 4) is 39.3 Å². The van der Waals surface area contributed by atoms with Gasteiger partial charge in [0.1, 0.15) is 5.82 Å². The van der Waals surface area contributed by atoms with E-state index in [0.29, 0.717) is 0 Å². The van der Waals surface area contributed by atoms with Gasteiger partial charge in [-0.15, -0.1) is 0 Å². The average molecular weight is 573 g/mol. The summed E-state index contributed by atoms with van der Waals surface area (Å²) in [6.45, 7) is 0. The molecule has 0 saturated heterocycles. The van der Waals surface area contributed by atoms with Crippen molar-refractivity contribution in [1.82, 2.24) is 9.55 Å². The lowest BCUT2D eigenvalue weighted by Crippen LogP contribution is -1.97. The highest BCUT2D eigenvalue weighted by atomic mass is 15.1. The Morgan fingerprint density at radius 2 is 0.889 bits per heavy atom. The summed E-state index contributed by atoms with van der Waals surface area (Å²) < 4.78 is 2.26. The molecule has 0 unspecified atom stereocenters.